The van der Waals surface area contributed by atoms with E-state index in [-0.39, 0.29) is 41.4 Å². The van der Waals surface area contributed by atoms with Gasteiger partial charge in [0.2, 0.25) is 0 Å². The van der Waals surface area contributed by atoms with Crippen LogP contribution in [0.5, 0.6) is 5.75 Å². The van der Waals surface area contributed by atoms with Crippen LogP contribution < -0.4 is 15.6 Å². The highest BCUT2D eigenvalue weighted by Gasteiger charge is 2.19. The minimum absolute atomic E-state index is 0.0444. The van der Waals surface area contributed by atoms with Gasteiger partial charge in [0, 0.05) is 13.0 Å². The average Bonchev–Trinajstić information content (AvgIpc) is 2.86. The zero-order valence-corrected chi connectivity index (χ0v) is 19.3. The molecule has 3 N–H and O–H groups in total. The van der Waals surface area contributed by atoms with Crippen LogP contribution in [0.3, 0.4) is 0 Å². The molecule has 1 heterocycles. The number of nitrogens with zero attached hydrogens (tertiary/aromatic N) is 1. The minimum atomic E-state index is -0.902. The summed E-state index contributed by atoms with van der Waals surface area (Å²) in [5, 5.41) is 11.5. The number of H-pyrrole nitrogens is 1. The third-order valence-electron chi connectivity index (χ3n) is 5.80. The number of carboxylic acids is 1. The van der Waals surface area contributed by atoms with Gasteiger partial charge in [-0.15, -0.1) is 0 Å². The van der Waals surface area contributed by atoms with Crippen LogP contribution in [0.15, 0.2) is 58.9 Å². The van der Waals surface area contributed by atoms with Gasteiger partial charge in [-0.05, 0) is 48.2 Å². The van der Waals surface area contributed by atoms with Gasteiger partial charge in [0.1, 0.15) is 11.2 Å². The van der Waals surface area contributed by atoms with Crippen molar-refractivity contribution in [1.29, 1.82) is 0 Å². The summed E-state index contributed by atoms with van der Waals surface area (Å²) in [6.45, 7) is 1.75. The van der Waals surface area contributed by atoms with E-state index in [1.807, 2.05) is 0 Å². The number of nitrogens with one attached hydrogen (secondary N) is 2. The zero-order chi connectivity index (χ0) is 25.8. The number of carbonyl (C=O) groups excluding carboxylic acids is 1. The normalized spacial score (nSPS) is 15.0. The van der Waals surface area contributed by atoms with Gasteiger partial charge in [-0.1, -0.05) is 30.4 Å². The van der Waals surface area contributed by atoms with Crippen molar-refractivity contribution >= 4 is 22.8 Å². The number of hydrogen-bond acceptors (Lipinski definition) is 5. The number of halogens is 2. The number of allylic oxidation sites excluding steroid dienone is 2. The Morgan fingerprint density at radius 3 is 2.69 bits per heavy atom. The average molecular weight is 495 g/mol. The molecule has 1 amide bonds. The van der Waals surface area contributed by atoms with E-state index in [9.17, 15) is 23.2 Å². The zero-order valence-electron chi connectivity index (χ0n) is 19.3. The summed E-state index contributed by atoms with van der Waals surface area (Å²) >= 11 is 0. The minimum Gasteiger partial charge on any atom is -0.489 e. The second-order valence-electron chi connectivity index (χ2n) is 8.37. The van der Waals surface area contributed by atoms with Crippen LogP contribution in [-0.4, -0.2) is 33.6 Å². The lowest BCUT2D eigenvalue weighted by Crippen LogP contribution is -2.27. The molecular formula is C26H23F2N3O5. The second-order valence-corrected chi connectivity index (χ2v) is 8.37. The van der Waals surface area contributed by atoms with Gasteiger partial charge >= 0.3 is 5.97 Å². The Balaban J connectivity index is 1.47. The molecule has 2 aromatic carbocycles. The molecule has 8 nitrogen and oxygen atoms in total. The monoisotopic (exact) mass is 495 g/mol. The summed E-state index contributed by atoms with van der Waals surface area (Å²) in [6, 6.07) is 6.82. The molecule has 1 aromatic heterocycles. The maximum absolute atomic E-state index is 14.5. The molecule has 0 radical (unpaired) electrons. The number of hydrogen-bond donors (Lipinski definition) is 3. The van der Waals surface area contributed by atoms with Gasteiger partial charge in [0.15, 0.2) is 17.4 Å². The SMILES string of the molecule is Cc1cc(CNC(=O)c2nc3ccc(F)c(OCCC4=CCC(C(=O)O)C=C4)c3c(=O)[nH]2)ccc1F. The van der Waals surface area contributed by atoms with Crippen LogP contribution in [0.25, 0.3) is 10.9 Å². The number of carbonyl (C=O) groups is 2. The Hall–Kier alpha value is -4.34. The van der Waals surface area contributed by atoms with Crippen molar-refractivity contribution in [2.45, 2.75) is 26.3 Å². The first-order valence-corrected chi connectivity index (χ1v) is 11.2. The highest BCUT2D eigenvalue weighted by Crippen LogP contribution is 2.26. The molecule has 0 bridgehead atoms. The van der Waals surface area contributed by atoms with Crippen molar-refractivity contribution in [3.63, 3.8) is 0 Å². The van der Waals surface area contributed by atoms with E-state index in [0.29, 0.717) is 24.0 Å². The maximum atomic E-state index is 14.5. The van der Waals surface area contributed by atoms with Gasteiger partial charge < -0.3 is 20.1 Å². The van der Waals surface area contributed by atoms with Crippen LogP contribution in [0, 0.1) is 24.5 Å². The van der Waals surface area contributed by atoms with Crippen LogP contribution in [0.1, 0.15) is 34.6 Å². The van der Waals surface area contributed by atoms with Gasteiger partial charge in [-0.25, -0.2) is 13.8 Å². The smallest absolute Gasteiger partial charge is 0.310 e. The fourth-order valence-corrected chi connectivity index (χ4v) is 3.81. The third-order valence-corrected chi connectivity index (χ3v) is 5.80. The van der Waals surface area contributed by atoms with E-state index in [1.165, 1.54) is 18.2 Å². The summed E-state index contributed by atoms with van der Waals surface area (Å²) in [6.07, 6.45) is 5.81. The first-order chi connectivity index (χ1) is 17.2. The number of aromatic nitrogens is 2. The molecule has 186 valence electrons. The van der Waals surface area contributed by atoms with Crippen LogP contribution in [0.4, 0.5) is 8.78 Å². The fraction of sp³-hybridized carbons (Fsp3) is 0.231. The lowest BCUT2D eigenvalue weighted by atomic mass is 9.96. The van der Waals surface area contributed by atoms with Crippen molar-refractivity contribution in [2.24, 2.45) is 5.92 Å². The van der Waals surface area contributed by atoms with E-state index in [4.69, 9.17) is 9.84 Å². The standard InChI is InChI=1S/C26H23F2N3O5/c1-14-12-16(4-7-18(14)27)13-29-25(33)23-30-20-9-8-19(28)22(21(20)24(32)31-23)36-11-10-15-2-5-17(6-3-15)26(34)35/h2-5,7-9,12,17H,6,10-11,13H2,1H3,(H,29,33)(H,34,35)(H,30,31,32). The molecule has 1 unspecified atom stereocenters. The third kappa shape index (κ3) is 5.48. The predicted molar refractivity (Wildman–Crippen MR) is 128 cm³/mol. The van der Waals surface area contributed by atoms with Crippen LogP contribution >= 0.6 is 0 Å². The number of rotatable bonds is 8. The maximum Gasteiger partial charge on any atom is 0.310 e. The van der Waals surface area contributed by atoms with E-state index < -0.39 is 29.2 Å². The van der Waals surface area contributed by atoms with Gasteiger partial charge in [0.25, 0.3) is 11.5 Å². The van der Waals surface area contributed by atoms with E-state index in [1.54, 1.807) is 31.2 Å². The van der Waals surface area contributed by atoms with Gasteiger partial charge in [-0.2, -0.15) is 0 Å². The van der Waals surface area contributed by atoms with Crippen molar-refractivity contribution in [2.75, 3.05) is 6.61 Å². The molecule has 4 rings (SSSR count). The Labute approximate surface area is 204 Å². The first-order valence-electron chi connectivity index (χ1n) is 11.2. The molecule has 0 saturated heterocycles. The summed E-state index contributed by atoms with van der Waals surface area (Å²) < 4.78 is 33.5. The summed E-state index contributed by atoms with van der Waals surface area (Å²) in [4.78, 5) is 42.9. The van der Waals surface area contributed by atoms with Gasteiger partial charge in [-0.3, -0.25) is 14.4 Å². The Morgan fingerprint density at radius 2 is 2.00 bits per heavy atom. The van der Waals surface area contributed by atoms with Crippen molar-refractivity contribution < 1.29 is 28.2 Å². The van der Waals surface area contributed by atoms with Crippen LogP contribution in [0.2, 0.25) is 0 Å². The largest absolute Gasteiger partial charge is 0.489 e. The lowest BCUT2D eigenvalue weighted by Gasteiger charge is -2.14. The molecule has 36 heavy (non-hydrogen) atoms. The molecular weight excluding hydrogens is 472 g/mol. The van der Waals surface area contributed by atoms with Crippen molar-refractivity contribution in [1.82, 2.24) is 15.3 Å². The Kier molecular flexibility index (Phi) is 7.23. The summed E-state index contributed by atoms with van der Waals surface area (Å²) in [7, 11) is 0. The van der Waals surface area contributed by atoms with Crippen LogP contribution in [-0.2, 0) is 11.3 Å². The Bertz CT molecular complexity index is 1460. The fourth-order valence-electron chi connectivity index (χ4n) is 3.81. The number of carboxylic acid groups (broad SMARTS) is 1. The molecule has 0 fully saturated rings. The topological polar surface area (TPSA) is 121 Å². The summed E-state index contributed by atoms with van der Waals surface area (Å²) in [5.41, 5.74) is 1.30. The van der Waals surface area contributed by atoms with E-state index >= 15 is 0 Å². The molecule has 1 aliphatic rings. The molecule has 0 saturated carbocycles. The molecule has 0 aliphatic heterocycles. The van der Waals surface area contributed by atoms with Crippen molar-refractivity contribution in [3.05, 3.63) is 93.1 Å². The number of aliphatic carboxylic acids is 1. The Morgan fingerprint density at radius 1 is 1.22 bits per heavy atom. The quantitative estimate of drug-likeness (QED) is 0.437. The highest BCUT2D eigenvalue weighted by molar-refractivity contribution is 5.93. The number of fused-ring (bicyclic) bond motifs is 1. The molecule has 1 aliphatic carbocycles. The number of aromatic amines is 1. The number of ether oxygens (including phenoxy) is 1. The number of benzene rings is 2. The highest BCUT2D eigenvalue weighted by atomic mass is 19.1. The number of amides is 1. The molecule has 0 spiro atoms. The second kappa shape index (κ2) is 10.5. The molecule has 3 aromatic rings. The predicted octanol–water partition coefficient (Wildman–Crippen LogP) is 3.80. The summed E-state index contributed by atoms with van der Waals surface area (Å²) in [5.74, 6) is -3.76. The molecule has 10 heteroatoms. The van der Waals surface area contributed by atoms with Gasteiger partial charge in [0.05, 0.1) is 18.0 Å². The number of aryl methyl sites for hydroxylation is 1. The van der Waals surface area contributed by atoms with E-state index in [2.05, 4.69) is 15.3 Å². The van der Waals surface area contributed by atoms with E-state index in [0.717, 1.165) is 11.6 Å². The molecule has 1 atom stereocenters. The lowest BCUT2D eigenvalue weighted by molar-refractivity contribution is -0.139. The first kappa shape index (κ1) is 24.8. The van der Waals surface area contributed by atoms with Crippen molar-refractivity contribution in [3.8, 4) is 5.75 Å².